The van der Waals surface area contributed by atoms with E-state index >= 15 is 0 Å². The average molecular weight is 301 g/mol. The second-order valence-corrected chi connectivity index (χ2v) is 7.38. The minimum atomic E-state index is -0.373. The van der Waals surface area contributed by atoms with E-state index in [1.165, 1.54) is 56.9 Å². The Morgan fingerprint density at radius 1 is 0.818 bits per heavy atom. The molecule has 22 heavy (non-hydrogen) atoms. The maximum Gasteiger partial charge on any atom is 0.251 e. The Bertz CT molecular complexity index is 542. The third-order valence-electron chi connectivity index (χ3n) is 5.96. The van der Waals surface area contributed by atoms with Gasteiger partial charge in [-0.3, -0.25) is 0 Å². The van der Waals surface area contributed by atoms with E-state index in [1.54, 1.807) is 0 Å². The smallest absolute Gasteiger partial charge is 0.251 e. The zero-order valence-corrected chi connectivity index (χ0v) is 13.4. The second kappa shape index (κ2) is 5.45. The van der Waals surface area contributed by atoms with E-state index in [0.717, 1.165) is 30.9 Å². The lowest BCUT2D eigenvalue weighted by atomic mass is 9.69. The first kappa shape index (κ1) is 14.4. The molecule has 0 atom stereocenters. The van der Waals surface area contributed by atoms with Gasteiger partial charge in [-0.1, -0.05) is 31.7 Å². The van der Waals surface area contributed by atoms with Crippen LogP contribution in [0.1, 0.15) is 69.8 Å². The Balaban J connectivity index is 1.62. The van der Waals surface area contributed by atoms with Gasteiger partial charge in [0.25, 0.3) is 5.79 Å². The van der Waals surface area contributed by atoms with Gasteiger partial charge in [-0.15, -0.1) is 0 Å². The first-order chi connectivity index (χ1) is 10.8. The zero-order chi connectivity index (χ0) is 15.0. The van der Waals surface area contributed by atoms with Gasteiger partial charge in [-0.05, 0) is 43.4 Å². The molecule has 0 radical (unpaired) electrons. The predicted molar refractivity (Wildman–Crippen MR) is 87.3 cm³/mol. The van der Waals surface area contributed by atoms with Crippen molar-refractivity contribution < 1.29 is 9.47 Å². The molecule has 2 aliphatic carbocycles. The molecule has 3 nitrogen and oxygen atoms in total. The van der Waals surface area contributed by atoms with Crippen molar-refractivity contribution in [1.29, 1.82) is 0 Å². The number of nitrogens with two attached hydrogens (primary N) is 1. The van der Waals surface area contributed by atoms with Crippen molar-refractivity contribution in [3.63, 3.8) is 0 Å². The minimum Gasteiger partial charge on any atom is -0.448 e. The van der Waals surface area contributed by atoms with Crippen molar-refractivity contribution in [2.75, 3.05) is 6.54 Å². The number of rotatable bonds is 2. The Morgan fingerprint density at radius 2 is 1.45 bits per heavy atom. The molecule has 1 aromatic rings. The van der Waals surface area contributed by atoms with Crippen molar-refractivity contribution in [2.45, 2.75) is 75.4 Å². The van der Waals surface area contributed by atoms with Gasteiger partial charge < -0.3 is 15.2 Å². The van der Waals surface area contributed by atoms with Crippen LogP contribution >= 0.6 is 0 Å². The lowest BCUT2D eigenvalue weighted by Crippen LogP contribution is -2.40. The van der Waals surface area contributed by atoms with Gasteiger partial charge in [-0.2, -0.15) is 0 Å². The Kier molecular flexibility index (Phi) is 3.56. The minimum absolute atomic E-state index is 0.152. The SMILES string of the molecule is NCC1(c2ccc3c(c2)OC2(CCCCC2)O3)CCCCC1. The van der Waals surface area contributed by atoms with Crippen LogP contribution in [0.15, 0.2) is 18.2 Å². The van der Waals surface area contributed by atoms with Gasteiger partial charge >= 0.3 is 0 Å². The number of benzene rings is 1. The van der Waals surface area contributed by atoms with Gasteiger partial charge in [0, 0.05) is 24.8 Å². The number of ether oxygens (including phenoxy) is 2. The van der Waals surface area contributed by atoms with Crippen LogP contribution in [0.2, 0.25) is 0 Å². The predicted octanol–water partition coefficient (Wildman–Crippen LogP) is 4.28. The molecule has 0 amide bonds. The first-order valence-corrected chi connectivity index (χ1v) is 8.98. The van der Waals surface area contributed by atoms with Gasteiger partial charge in [0.05, 0.1) is 0 Å². The van der Waals surface area contributed by atoms with Crippen molar-refractivity contribution in [1.82, 2.24) is 0 Å². The summed E-state index contributed by atoms with van der Waals surface area (Å²) >= 11 is 0. The molecule has 120 valence electrons. The van der Waals surface area contributed by atoms with Crippen molar-refractivity contribution >= 4 is 0 Å². The van der Waals surface area contributed by atoms with Crippen LogP contribution in [0.4, 0.5) is 0 Å². The Labute approximate surface area is 133 Å². The molecule has 1 aromatic carbocycles. The molecule has 3 aliphatic rings. The number of hydrogen-bond donors (Lipinski definition) is 1. The Hall–Kier alpha value is -1.22. The highest BCUT2D eigenvalue weighted by Gasteiger charge is 2.43. The van der Waals surface area contributed by atoms with Crippen LogP contribution < -0.4 is 15.2 Å². The fraction of sp³-hybridized carbons (Fsp3) is 0.684. The highest BCUT2D eigenvalue weighted by atomic mass is 16.7. The summed E-state index contributed by atoms with van der Waals surface area (Å²) in [6, 6.07) is 6.55. The quantitative estimate of drug-likeness (QED) is 0.886. The highest BCUT2D eigenvalue weighted by molar-refractivity contribution is 5.48. The highest BCUT2D eigenvalue weighted by Crippen LogP contribution is 2.48. The molecule has 0 unspecified atom stereocenters. The molecular weight excluding hydrogens is 274 g/mol. The molecule has 0 saturated heterocycles. The normalized spacial score (nSPS) is 25.3. The van der Waals surface area contributed by atoms with Gasteiger partial charge in [0.15, 0.2) is 11.5 Å². The lowest BCUT2D eigenvalue weighted by Gasteiger charge is -2.37. The number of fused-ring (bicyclic) bond motifs is 1. The molecule has 4 rings (SSSR count). The van der Waals surface area contributed by atoms with E-state index in [9.17, 15) is 0 Å². The van der Waals surface area contributed by atoms with Crippen molar-refractivity contribution in [3.05, 3.63) is 23.8 Å². The zero-order valence-electron chi connectivity index (χ0n) is 13.4. The fourth-order valence-electron chi connectivity index (χ4n) is 4.56. The van der Waals surface area contributed by atoms with Crippen LogP contribution in [0, 0.1) is 0 Å². The van der Waals surface area contributed by atoms with Crippen LogP contribution in [0.3, 0.4) is 0 Å². The maximum atomic E-state index is 6.29. The van der Waals surface area contributed by atoms with Crippen LogP contribution in [-0.2, 0) is 5.41 Å². The lowest BCUT2D eigenvalue weighted by molar-refractivity contribution is -0.105. The van der Waals surface area contributed by atoms with Crippen molar-refractivity contribution in [3.8, 4) is 11.5 Å². The molecular formula is C19H27NO2. The van der Waals surface area contributed by atoms with E-state index < -0.39 is 0 Å². The summed E-state index contributed by atoms with van der Waals surface area (Å²) in [5, 5.41) is 0. The monoisotopic (exact) mass is 301 g/mol. The first-order valence-electron chi connectivity index (χ1n) is 8.98. The summed E-state index contributed by atoms with van der Waals surface area (Å²) in [6.45, 7) is 0.734. The molecule has 0 bridgehead atoms. The average Bonchev–Trinajstić information content (AvgIpc) is 2.92. The molecule has 2 fully saturated rings. The van der Waals surface area contributed by atoms with E-state index in [1.807, 2.05) is 0 Å². The molecule has 1 aliphatic heterocycles. The van der Waals surface area contributed by atoms with E-state index in [0.29, 0.717) is 0 Å². The molecule has 0 aromatic heterocycles. The van der Waals surface area contributed by atoms with Gasteiger partial charge in [0.2, 0.25) is 0 Å². The summed E-state index contributed by atoms with van der Waals surface area (Å²) in [6.07, 6.45) is 12.1. The summed E-state index contributed by atoms with van der Waals surface area (Å²) in [4.78, 5) is 0. The van der Waals surface area contributed by atoms with Crippen LogP contribution in [0.25, 0.3) is 0 Å². The summed E-state index contributed by atoms with van der Waals surface area (Å²) in [5.74, 6) is 1.49. The van der Waals surface area contributed by atoms with Crippen LogP contribution in [-0.4, -0.2) is 12.3 Å². The summed E-state index contributed by atoms with van der Waals surface area (Å²) < 4.78 is 12.5. The summed E-state index contributed by atoms with van der Waals surface area (Å²) in [5.41, 5.74) is 7.68. The van der Waals surface area contributed by atoms with Gasteiger partial charge in [-0.25, -0.2) is 0 Å². The van der Waals surface area contributed by atoms with E-state index in [4.69, 9.17) is 15.2 Å². The third-order valence-corrected chi connectivity index (χ3v) is 5.96. The van der Waals surface area contributed by atoms with Crippen LogP contribution in [0.5, 0.6) is 11.5 Å². The Morgan fingerprint density at radius 3 is 2.14 bits per heavy atom. The number of hydrogen-bond acceptors (Lipinski definition) is 3. The maximum absolute atomic E-state index is 6.29. The molecule has 1 spiro atoms. The second-order valence-electron chi connectivity index (χ2n) is 7.38. The topological polar surface area (TPSA) is 44.5 Å². The third kappa shape index (κ3) is 2.30. The van der Waals surface area contributed by atoms with Gasteiger partial charge in [0.1, 0.15) is 0 Å². The van der Waals surface area contributed by atoms with Crippen molar-refractivity contribution in [2.24, 2.45) is 5.73 Å². The fourth-order valence-corrected chi connectivity index (χ4v) is 4.56. The van der Waals surface area contributed by atoms with E-state index in [2.05, 4.69) is 18.2 Å². The molecule has 3 heteroatoms. The largest absolute Gasteiger partial charge is 0.448 e. The molecule has 2 N–H and O–H groups in total. The standard InChI is InChI=1S/C19H27NO2/c20-14-18(9-3-1-4-10-18)15-7-8-16-17(13-15)22-19(21-16)11-5-2-6-12-19/h7-8,13H,1-6,9-12,14,20H2. The summed E-state index contributed by atoms with van der Waals surface area (Å²) in [7, 11) is 0. The van der Waals surface area contributed by atoms with E-state index in [-0.39, 0.29) is 11.2 Å². The molecule has 1 heterocycles. The molecule has 2 saturated carbocycles.